The van der Waals surface area contributed by atoms with E-state index in [2.05, 4.69) is 30.4 Å². The van der Waals surface area contributed by atoms with Crippen LogP contribution in [0.4, 0.5) is 5.82 Å². The lowest BCUT2D eigenvalue weighted by Gasteiger charge is -2.32. The monoisotopic (exact) mass is 366 g/mol. The van der Waals surface area contributed by atoms with Crippen LogP contribution in [0.5, 0.6) is 5.88 Å². The van der Waals surface area contributed by atoms with Gasteiger partial charge in [-0.25, -0.2) is 4.98 Å². The molecule has 1 atom stereocenters. The molecule has 0 unspecified atom stereocenters. The van der Waals surface area contributed by atoms with E-state index < -0.39 is 0 Å². The Balaban J connectivity index is 1.36. The van der Waals surface area contributed by atoms with Gasteiger partial charge in [-0.3, -0.25) is 4.79 Å². The Kier molecular flexibility index (Phi) is 4.86. The second-order valence-corrected chi connectivity index (χ2v) is 6.64. The van der Waals surface area contributed by atoms with Crippen molar-refractivity contribution in [2.75, 3.05) is 25.1 Å². The molecule has 27 heavy (non-hydrogen) atoms. The van der Waals surface area contributed by atoms with E-state index in [1.807, 2.05) is 30.3 Å². The van der Waals surface area contributed by atoms with Gasteiger partial charge >= 0.3 is 0 Å². The Morgan fingerprint density at radius 1 is 1.30 bits per heavy atom. The van der Waals surface area contributed by atoms with Crippen LogP contribution in [0.15, 0.2) is 36.4 Å². The maximum absolute atomic E-state index is 12.6. The molecule has 1 amide bonds. The summed E-state index contributed by atoms with van der Waals surface area (Å²) in [6.07, 6.45) is 1.81. The number of aromatic nitrogens is 4. The van der Waals surface area contributed by atoms with Crippen molar-refractivity contribution in [1.29, 1.82) is 0 Å². The Labute approximate surface area is 157 Å². The second kappa shape index (κ2) is 7.61. The highest BCUT2D eigenvalue weighted by Crippen LogP contribution is 2.22. The number of carbonyl (C=O) groups excluding carboxylic acids is 1. The number of amides is 1. The summed E-state index contributed by atoms with van der Waals surface area (Å²) in [6.45, 7) is 1.90. The molecule has 0 radical (unpaired) electrons. The molecule has 1 aliphatic heterocycles. The van der Waals surface area contributed by atoms with Crippen molar-refractivity contribution >= 4 is 22.8 Å². The van der Waals surface area contributed by atoms with Gasteiger partial charge < -0.3 is 19.9 Å². The third-order valence-corrected chi connectivity index (χ3v) is 4.82. The summed E-state index contributed by atoms with van der Waals surface area (Å²) in [6, 6.07) is 11.5. The topological polar surface area (TPSA) is 96.0 Å². The van der Waals surface area contributed by atoms with Crippen LogP contribution in [0.3, 0.4) is 0 Å². The molecule has 1 aliphatic rings. The Hall–Kier alpha value is -3.16. The van der Waals surface area contributed by atoms with Crippen LogP contribution in [0.25, 0.3) is 11.0 Å². The van der Waals surface area contributed by atoms with Gasteiger partial charge in [0.05, 0.1) is 30.6 Å². The maximum Gasteiger partial charge on any atom is 0.233 e. The summed E-state index contributed by atoms with van der Waals surface area (Å²) in [5.74, 6) is 1.98. The summed E-state index contributed by atoms with van der Waals surface area (Å²) in [5, 5.41) is 11.2. The first-order chi connectivity index (χ1) is 13.2. The normalized spacial score (nSPS) is 17.1. The summed E-state index contributed by atoms with van der Waals surface area (Å²) >= 11 is 0. The Bertz CT molecular complexity index is 890. The van der Waals surface area contributed by atoms with Crippen LogP contribution in [0, 0.1) is 5.92 Å². The molecule has 3 aromatic rings. The number of imidazole rings is 1. The van der Waals surface area contributed by atoms with Crippen molar-refractivity contribution < 1.29 is 9.53 Å². The molecule has 0 aliphatic carbocycles. The molecule has 3 heterocycles. The molecule has 1 aromatic carbocycles. The molecule has 2 aromatic heterocycles. The molecule has 8 nitrogen and oxygen atoms in total. The number of aromatic amines is 1. The number of nitrogens with zero attached hydrogens (tertiary/aromatic N) is 4. The largest absolute Gasteiger partial charge is 0.480 e. The van der Waals surface area contributed by atoms with E-state index in [-0.39, 0.29) is 11.8 Å². The van der Waals surface area contributed by atoms with E-state index in [0.29, 0.717) is 19.0 Å². The lowest BCUT2D eigenvalue weighted by Crippen LogP contribution is -2.43. The van der Waals surface area contributed by atoms with E-state index in [4.69, 9.17) is 4.74 Å². The third kappa shape index (κ3) is 3.84. The zero-order valence-electron chi connectivity index (χ0n) is 15.2. The third-order valence-electron chi connectivity index (χ3n) is 4.82. The fourth-order valence-corrected chi connectivity index (χ4v) is 3.39. The molecular weight excluding hydrogens is 344 g/mol. The summed E-state index contributed by atoms with van der Waals surface area (Å²) in [4.78, 5) is 22.5. The summed E-state index contributed by atoms with van der Waals surface area (Å²) in [7, 11) is 1.56. The first-order valence-electron chi connectivity index (χ1n) is 9.07. The van der Waals surface area contributed by atoms with E-state index in [1.165, 1.54) is 0 Å². The van der Waals surface area contributed by atoms with Crippen LogP contribution in [-0.4, -0.2) is 46.3 Å². The molecule has 0 bridgehead atoms. The lowest BCUT2D eigenvalue weighted by molar-refractivity contribution is -0.125. The van der Waals surface area contributed by atoms with Gasteiger partial charge in [-0.05, 0) is 31.0 Å². The summed E-state index contributed by atoms with van der Waals surface area (Å²) < 4.78 is 5.05. The molecule has 4 rings (SSSR count). The van der Waals surface area contributed by atoms with Gasteiger partial charge in [-0.2, -0.15) is 0 Å². The van der Waals surface area contributed by atoms with E-state index in [0.717, 1.165) is 42.1 Å². The first kappa shape index (κ1) is 17.3. The van der Waals surface area contributed by atoms with Crippen molar-refractivity contribution in [3.05, 3.63) is 42.2 Å². The number of rotatable bonds is 5. The standard InChI is InChI=1S/C19H22N6O2/c1-27-18-9-8-17(23-24-18)25-10-4-5-13(12-25)19(26)20-11-16-21-14-6-2-3-7-15(14)22-16/h2-3,6-9,13H,4-5,10-12H2,1H3,(H,20,26)(H,21,22)/t13-/m1/s1. The number of para-hydroxylation sites is 2. The molecule has 1 saturated heterocycles. The van der Waals surface area contributed by atoms with Gasteiger partial charge in [0.25, 0.3) is 0 Å². The fourth-order valence-electron chi connectivity index (χ4n) is 3.39. The Morgan fingerprint density at radius 2 is 2.19 bits per heavy atom. The van der Waals surface area contributed by atoms with Crippen LogP contribution in [-0.2, 0) is 11.3 Å². The highest BCUT2D eigenvalue weighted by atomic mass is 16.5. The Morgan fingerprint density at radius 3 is 2.96 bits per heavy atom. The number of nitrogens with one attached hydrogen (secondary N) is 2. The average molecular weight is 366 g/mol. The van der Waals surface area contributed by atoms with Crippen LogP contribution in [0.1, 0.15) is 18.7 Å². The SMILES string of the molecule is COc1ccc(N2CCC[C@@H](C(=O)NCc3nc4ccccc4[nH]3)C2)nn1. The van der Waals surface area contributed by atoms with E-state index in [9.17, 15) is 4.79 Å². The van der Waals surface area contributed by atoms with Crippen molar-refractivity contribution in [2.24, 2.45) is 5.92 Å². The predicted octanol–water partition coefficient (Wildman–Crippen LogP) is 1.89. The number of anilines is 1. The molecular formula is C19H22N6O2. The van der Waals surface area contributed by atoms with Crippen molar-refractivity contribution in [2.45, 2.75) is 19.4 Å². The fraction of sp³-hybridized carbons (Fsp3) is 0.368. The van der Waals surface area contributed by atoms with Gasteiger partial charge in [0.2, 0.25) is 11.8 Å². The van der Waals surface area contributed by atoms with Gasteiger partial charge in [0.1, 0.15) is 5.82 Å². The molecule has 2 N–H and O–H groups in total. The zero-order valence-corrected chi connectivity index (χ0v) is 15.2. The molecule has 1 fully saturated rings. The van der Waals surface area contributed by atoms with Crippen molar-refractivity contribution in [3.63, 3.8) is 0 Å². The first-order valence-corrected chi connectivity index (χ1v) is 9.07. The van der Waals surface area contributed by atoms with Crippen LogP contribution in [0.2, 0.25) is 0 Å². The summed E-state index contributed by atoms with van der Waals surface area (Å²) in [5.41, 5.74) is 1.88. The number of hydrogen-bond donors (Lipinski definition) is 2. The average Bonchev–Trinajstić information content (AvgIpc) is 3.15. The molecule has 0 spiro atoms. The van der Waals surface area contributed by atoms with E-state index >= 15 is 0 Å². The predicted molar refractivity (Wildman–Crippen MR) is 101 cm³/mol. The number of ether oxygens (including phenoxy) is 1. The number of carbonyl (C=O) groups is 1. The molecule has 0 saturated carbocycles. The van der Waals surface area contributed by atoms with E-state index in [1.54, 1.807) is 13.2 Å². The molecule has 8 heteroatoms. The van der Waals surface area contributed by atoms with Gasteiger partial charge in [0, 0.05) is 19.2 Å². The van der Waals surface area contributed by atoms with Gasteiger partial charge in [-0.1, -0.05) is 12.1 Å². The smallest absolute Gasteiger partial charge is 0.233 e. The highest BCUT2D eigenvalue weighted by Gasteiger charge is 2.26. The minimum atomic E-state index is -0.0768. The van der Waals surface area contributed by atoms with Gasteiger partial charge in [-0.15, -0.1) is 10.2 Å². The number of piperidine rings is 1. The number of hydrogen-bond acceptors (Lipinski definition) is 6. The zero-order chi connectivity index (χ0) is 18.6. The van der Waals surface area contributed by atoms with Crippen molar-refractivity contribution in [1.82, 2.24) is 25.5 Å². The molecule has 140 valence electrons. The van der Waals surface area contributed by atoms with Crippen LogP contribution >= 0.6 is 0 Å². The quantitative estimate of drug-likeness (QED) is 0.716. The lowest BCUT2D eigenvalue weighted by atomic mass is 9.97. The number of benzene rings is 1. The van der Waals surface area contributed by atoms with Crippen molar-refractivity contribution in [3.8, 4) is 5.88 Å². The number of H-pyrrole nitrogens is 1. The number of methoxy groups -OCH3 is 1. The maximum atomic E-state index is 12.6. The van der Waals surface area contributed by atoms with Crippen LogP contribution < -0.4 is 15.0 Å². The highest BCUT2D eigenvalue weighted by molar-refractivity contribution is 5.80. The minimum Gasteiger partial charge on any atom is -0.480 e. The second-order valence-electron chi connectivity index (χ2n) is 6.64. The number of fused-ring (bicyclic) bond motifs is 1. The van der Waals surface area contributed by atoms with Gasteiger partial charge in [0.15, 0.2) is 5.82 Å². The minimum absolute atomic E-state index is 0.0432.